The first-order valence-electron chi connectivity index (χ1n) is 6.73. The van der Waals surface area contributed by atoms with Gasteiger partial charge in [-0.1, -0.05) is 13.8 Å². The maximum atomic E-state index is 11.5. The molecule has 1 fully saturated rings. The summed E-state index contributed by atoms with van der Waals surface area (Å²) in [6.07, 6.45) is 3.55. The van der Waals surface area contributed by atoms with E-state index in [1.54, 1.807) is 6.92 Å². The highest BCUT2D eigenvalue weighted by molar-refractivity contribution is 7.91. The Balaban J connectivity index is 2.29. The first-order valence-corrected chi connectivity index (χ1v) is 8.55. The van der Waals surface area contributed by atoms with Gasteiger partial charge in [-0.15, -0.1) is 0 Å². The zero-order valence-electron chi connectivity index (χ0n) is 11.1. The van der Waals surface area contributed by atoms with Gasteiger partial charge >= 0.3 is 0 Å². The fraction of sp³-hybridized carbons (Fsp3) is 1.00. The van der Waals surface area contributed by atoms with E-state index in [0.717, 1.165) is 26.1 Å². The lowest BCUT2D eigenvalue weighted by atomic mass is 10.1. The van der Waals surface area contributed by atoms with Crippen LogP contribution in [0.25, 0.3) is 0 Å². The van der Waals surface area contributed by atoms with Crippen LogP contribution in [-0.4, -0.2) is 57.0 Å². The second kappa shape index (κ2) is 7.34. The smallest absolute Gasteiger partial charge is 0.151 e. The Bertz CT molecular complexity index is 304. The van der Waals surface area contributed by atoms with Crippen molar-refractivity contribution in [1.82, 2.24) is 10.2 Å². The van der Waals surface area contributed by atoms with E-state index in [4.69, 9.17) is 0 Å². The van der Waals surface area contributed by atoms with Gasteiger partial charge in [0, 0.05) is 24.9 Å². The zero-order chi connectivity index (χ0) is 12.7. The average Bonchev–Trinajstić information content (AvgIpc) is 2.35. The minimum absolute atomic E-state index is 0.262. The Morgan fingerprint density at radius 2 is 2.12 bits per heavy atom. The number of rotatable bonds is 7. The number of hydrogen-bond donors (Lipinski definition) is 1. The fourth-order valence-corrected chi connectivity index (χ4v) is 3.01. The predicted octanol–water partition coefficient (Wildman–Crippen LogP) is 0.885. The van der Waals surface area contributed by atoms with Crippen LogP contribution in [0.3, 0.4) is 0 Å². The Morgan fingerprint density at radius 1 is 1.35 bits per heavy atom. The van der Waals surface area contributed by atoms with Gasteiger partial charge in [0.05, 0.1) is 5.75 Å². The summed E-state index contributed by atoms with van der Waals surface area (Å²) >= 11 is 0. The molecule has 0 bridgehead atoms. The molecule has 0 aliphatic carbocycles. The SMILES string of the molecule is CCCNC1CCCN(CCS(=O)(=O)CC)C1. The molecule has 0 amide bonds. The number of sulfone groups is 1. The third-order valence-electron chi connectivity index (χ3n) is 3.35. The fourth-order valence-electron chi connectivity index (χ4n) is 2.19. The lowest BCUT2D eigenvalue weighted by Crippen LogP contribution is -2.47. The summed E-state index contributed by atoms with van der Waals surface area (Å²) in [5.41, 5.74) is 0. The van der Waals surface area contributed by atoms with Crippen LogP contribution in [0.4, 0.5) is 0 Å². The molecule has 1 atom stereocenters. The van der Waals surface area contributed by atoms with Crippen molar-refractivity contribution < 1.29 is 8.42 Å². The molecular formula is C12H26N2O2S. The van der Waals surface area contributed by atoms with Gasteiger partial charge in [0.2, 0.25) is 0 Å². The molecule has 1 aliphatic rings. The molecule has 0 aromatic rings. The highest BCUT2D eigenvalue weighted by Crippen LogP contribution is 2.10. The highest BCUT2D eigenvalue weighted by Gasteiger charge is 2.20. The summed E-state index contributed by atoms with van der Waals surface area (Å²) < 4.78 is 22.9. The van der Waals surface area contributed by atoms with Crippen LogP contribution in [0.1, 0.15) is 33.1 Å². The number of piperidine rings is 1. The van der Waals surface area contributed by atoms with Gasteiger partial charge in [0.1, 0.15) is 0 Å². The Labute approximate surface area is 106 Å². The second-order valence-corrected chi connectivity index (χ2v) is 7.30. The van der Waals surface area contributed by atoms with Crippen molar-refractivity contribution in [2.24, 2.45) is 0 Å². The van der Waals surface area contributed by atoms with Crippen LogP contribution < -0.4 is 5.32 Å². The van der Waals surface area contributed by atoms with Crippen molar-refractivity contribution in [1.29, 1.82) is 0 Å². The van der Waals surface area contributed by atoms with Gasteiger partial charge < -0.3 is 10.2 Å². The molecule has 0 spiro atoms. The van der Waals surface area contributed by atoms with Crippen molar-refractivity contribution >= 4 is 9.84 Å². The second-order valence-electron chi connectivity index (χ2n) is 4.83. The molecule has 0 aromatic heterocycles. The topological polar surface area (TPSA) is 49.4 Å². The molecule has 1 unspecified atom stereocenters. The van der Waals surface area contributed by atoms with Crippen molar-refractivity contribution in [3.05, 3.63) is 0 Å². The molecule has 1 N–H and O–H groups in total. The lowest BCUT2D eigenvalue weighted by molar-refractivity contribution is 0.200. The van der Waals surface area contributed by atoms with Gasteiger partial charge in [-0.2, -0.15) is 0 Å². The highest BCUT2D eigenvalue weighted by atomic mass is 32.2. The number of hydrogen-bond acceptors (Lipinski definition) is 4. The molecule has 0 radical (unpaired) electrons. The first kappa shape index (κ1) is 14.9. The zero-order valence-corrected chi connectivity index (χ0v) is 11.9. The van der Waals surface area contributed by atoms with Crippen molar-refractivity contribution in [2.45, 2.75) is 39.2 Å². The van der Waals surface area contributed by atoms with E-state index in [-0.39, 0.29) is 5.75 Å². The molecule has 1 heterocycles. The summed E-state index contributed by atoms with van der Waals surface area (Å²) in [4.78, 5) is 2.28. The van der Waals surface area contributed by atoms with E-state index in [9.17, 15) is 8.42 Å². The third kappa shape index (κ3) is 5.84. The largest absolute Gasteiger partial charge is 0.313 e. The monoisotopic (exact) mass is 262 g/mol. The van der Waals surface area contributed by atoms with Crippen molar-refractivity contribution in [3.8, 4) is 0 Å². The summed E-state index contributed by atoms with van der Waals surface area (Å²) in [6.45, 7) is 7.69. The molecule has 1 rings (SSSR count). The van der Waals surface area contributed by atoms with E-state index in [1.807, 2.05) is 0 Å². The third-order valence-corrected chi connectivity index (χ3v) is 5.03. The van der Waals surface area contributed by atoms with Crippen molar-refractivity contribution in [2.75, 3.05) is 37.7 Å². The van der Waals surface area contributed by atoms with Gasteiger partial charge in [-0.05, 0) is 32.4 Å². The molecule has 17 heavy (non-hydrogen) atoms. The summed E-state index contributed by atoms with van der Waals surface area (Å²) in [5.74, 6) is 0.572. The van der Waals surface area contributed by atoms with Crippen LogP contribution in [0.15, 0.2) is 0 Å². The molecule has 102 valence electrons. The molecule has 4 nitrogen and oxygen atoms in total. The minimum Gasteiger partial charge on any atom is -0.313 e. The van der Waals surface area contributed by atoms with E-state index < -0.39 is 9.84 Å². The van der Waals surface area contributed by atoms with Crippen LogP contribution in [-0.2, 0) is 9.84 Å². The summed E-state index contributed by atoms with van der Waals surface area (Å²) in [7, 11) is -2.82. The molecule has 1 aliphatic heterocycles. The van der Waals surface area contributed by atoms with E-state index in [2.05, 4.69) is 17.1 Å². The van der Waals surface area contributed by atoms with Gasteiger partial charge in [0.15, 0.2) is 9.84 Å². The maximum absolute atomic E-state index is 11.5. The van der Waals surface area contributed by atoms with Crippen LogP contribution >= 0.6 is 0 Å². The van der Waals surface area contributed by atoms with Crippen molar-refractivity contribution in [3.63, 3.8) is 0 Å². The maximum Gasteiger partial charge on any atom is 0.151 e. The summed E-state index contributed by atoms with van der Waals surface area (Å²) in [5, 5.41) is 3.52. The Hall–Kier alpha value is -0.130. The van der Waals surface area contributed by atoms with Gasteiger partial charge in [-0.3, -0.25) is 0 Å². The van der Waals surface area contributed by atoms with E-state index >= 15 is 0 Å². The number of nitrogens with zero attached hydrogens (tertiary/aromatic N) is 1. The minimum atomic E-state index is -2.82. The number of likely N-dealkylation sites (tertiary alicyclic amines) is 1. The molecule has 0 aromatic carbocycles. The Morgan fingerprint density at radius 3 is 2.76 bits per heavy atom. The Kier molecular flexibility index (Phi) is 6.44. The van der Waals surface area contributed by atoms with E-state index in [0.29, 0.717) is 18.3 Å². The van der Waals surface area contributed by atoms with E-state index in [1.165, 1.54) is 12.8 Å². The molecule has 5 heteroatoms. The molecular weight excluding hydrogens is 236 g/mol. The molecule has 1 saturated heterocycles. The lowest BCUT2D eigenvalue weighted by Gasteiger charge is -2.33. The normalized spacial score (nSPS) is 22.8. The first-order chi connectivity index (χ1) is 8.07. The number of nitrogens with one attached hydrogen (secondary N) is 1. The van der Waals surface area contributed by atoms with Gasteiger partial charge in [-0.25, -0.2) is 8.42 Å². The molecule has 0 saturated carbocycles. The van der Waals surface area contributed by atoms with Crippen LogP contribution in [0, 0.1) is 0 Å². The summed E-state index contributed by atoms with van der Waals surface area (Å²) in [6, 6.07) is 0.549. The predicted molar refractivity (Wildman–Crippen MR) is 72.1 cm³/mol. The average molecular weight is 262 g/mol. The quantitative estimate of drug-likeness (QED) is 0.740. The standard InChI is InChI=1S/C12H26N2O2S/c1-3-7-13-12-6-5-8-14(11-12)9-10-17(15,16)4-2/h12-13H,3-11H2,1-2H3. The van der Waals surface area contributed by atoms with Crippen LogP contribution in [0.2, 0.25) is 0 Å². The van der Waals surface area contributed by atoms with Crippen LogP contribution in [0.5, 0.6) is 0 Å². The van der Waals surface area contributed by atoms with Gasteiger partial charge in [0.25, 0.3) is 0 Å².